The van der Waals surface area contributed by atoms with Crippen LogP contribution in [0.4, 0.5) is 0 Å². The van der Waals surface area contributed by atoms with Crippen LogP contribution in [-0.4, -0.2) is 11.7 Å². The van der Waals surface area contributed by atoms with E-state index in [1.165, 1.54) is 10.3 Å². The van der Waals surface area contributed by atoms with Crippen molar-refractivity contribution >= 4 is 33.1 Å². The molecule has 0 fully saturated rings. The van der Waals surface area contributed by atoms with Gasteiger partial charge in [-0.1, -0.05) is 51.1 Å². The molecule has 0 radical (unpaired) electrons. The van der Waals surface area contributed by atoms with Crippen molar-refractivity contribution in [3.05, 3.63) is 70.1 Å². The Morgan fingerprint density at radius 1 is 1.00 bits per heavy atom. The van der Waals surface area contributed by atoms with E-state index >= 15 is 0 Å². The van der Waals surface area contributed by atoms with Crippen molar-refractivity contribution in [3.63, 3.8) is 0 Å². The van der Waals surface area contributed by atoms with Gasteiger partial charge in [0.15, 0.2) is 5.78 Å². The summed E-state index contributed by atoms with van der Waals surface area (Å²) in [5.74, 6) is -0.157. The zero-order valence-corrected chi connectivity index (χ0v) is 16.9. The van der Waals surface area contributed by atoms with E-state index in [1.807, 2.05) is 30.3 Å². The van der Waals surface area contributed by atoms with Gasteiger partial charge in [0.05, 0.1) is 0 Å². The third-order valence-electron chi connectivity index (χ3n) is 4.69. The van der Waals surface area contributed by atoms with Crippen LogP contribution < -0.4 is 5.73 Å². The highest BCUT2D eigenvalue weighted by Crippen LogP contribution is 2.28. The van der Waals surface area contributed by atoms with Gasteiger partial charge in [-0.25, -0.2) is 0 Å². The van der Waals surface area contributed by atoms with E-state index in [2.05, 4.69) is 39.0 Å². The van der Waals surface area contributed by atoms with E-state index in [4.69, 9.17) is 5.73 Å². The van der Waals surface area contributed by atoms with Gasteiger partial charge in [-0.15, -0.1) is 11.3 Å². The number of primary amides is 1. The Morgan fingerprint density at radius 2 is 1.70 bits per heavy atom. The molecule has 1 amide bonds. The van der Waals surface area contributed by atoms with Crippen molar-refractivity contribution in [2.24, 2.45) is 5.73 Å². The van der Waals surface area contributed by atoms with Crippen LogP contribution in [-0.2, 0) is 23.1 Å². The Hall–Kier alpha value is -2.46. The minimum absolute atomic E-state index is 0.0811. The fraction of sp³-hybridized carbons (Fsp3) is 0.304. The number of benzene rings is 2. The zero-order chi connectivity index (χ0) is 19.6. The number of Topliss-reactive ketones (excluding diaryl/α,β-unsaturated/α-hetero) is 1. The molecule has 27 heavy (non-hydrogen) atoms. The van der Waals surface area contributed by atoms with Gasteiger partial charge < -0.3 is 5.73 Å². The summed E-state index contributed by atoms with van der Waals surface area (Å²) in [6.07, 6.45) is 1.42. The molecule has 2 N–H and O–H groups in total. The summed E-state index contributed by atoms with van der Waals surface area (Å²) in [6, 6.07) is 16.2. The molecule has 140 valence electrons. The van der Waals surface area contributed by atoms with Crippen LogP contribution >= 0.6 is 11.3 Å². The zero-order valence-electron chi connectivity index (χ0n) is 16.0. The number of nitrogens with two attached hydrogens (primary N) is 1. The van der Waals surface area contributed by atoms with Crippen molar-refractivity contribution in [1.82, 2.24) is 0 Å². The molecular formula is C23H25NO2S. The lowest BCUT2D eigenvalue weighted by molar-refractivity contribution is -0.117. The maximum atomic E-state index is 12.6. The van der Waals surface area contributed by atoms with E-state index < -0.39 is 0 Å². The second-order valence-electron chi connectivity index (χ2n) is 7.98. The Labute approximate surface area is 164 Å². The highest BCUT2D eigenvalue weighted by molar-refractivity contribution is 7.19. The highest BCUT2D eigenvalue weighted by Gasteiger charge is 2.15. The molecule has 4 heteroatoms. The molecule has 3 aromatic rings. The molecule has 0 aliphatic heterocycles. The van der Waals surface area contributed by atoms with Gasteiger partial charge in [0.2, 0.25) is 5.91 Å². The Bertz CT molecular complexity index is 978. The van der Waals surface area contributed by atoms with Crippen molar-refractivity contribution in [2.45, 2.75) is 45.4 Å². The predicted molar refractivity (Wildman–Crippen MR) is 113 cm³/mol. The van der Waals surface area contributed by atoms with Gasteiger partial charge in [0, 0.05) is 28.0 Å². The molecule has 1 heterocycles. The third kappa shape index (κ3) is 4.83. The number of thiophene rings is 1. The lowest BCUT2D eigenvalue weighted by Gasteiger charge is -2.19. The van der Waals surface area contributed by atoms with E-state index in [0.29, 0.717) is 19.3 Å². The molecule has 0 aliphatic carbocycles. The second kappa shape index (κ2) is 7.65. The molecule has 0 unspecified atom stereocenters. The largest absolute Gasteiger partial charge is 0.370 e. The van der Waals surface area contributed by atoms with Crippen LogP contribution in [0.2, 0.25) is 0 Å². The van der Waals surface area contributed by atoms with Crippen molar-refractivity contribution in [1.29, 1.82) is 0 Å². The first-order valence-electron chi connectivity index (χ1n) is 9.16. The number of amides is 1. The number of hydrogen-bond donors (Lipinski definition) is 1. The minimum Gasteiger partial charge on any atom is -0.370 e. The predicted octanol–water partition coefficient (Wildman–Crippen LogP) is 5.04. The second-order valence-corrected chi connectivity index (χ2v) is 9.15. The van der Waals surface area contributed by atoms with Crippen molar-refractivity contribution in [2.75, 3.05) is 0 Å². The number of carbonyl (C=O) groups excluding carboxylic acids is 2. The molecule has 1 aromatic heterocycles. The third-order valence-corrected chi connectivity index (χ3v) is 5.86. The molecule has 0 aliphatic rings. The van der Waals surface area contributed by atoms with Gasteiger partial charge >= 0.3 is 0 Å². The van der Waals surface area contributed by atoms with E-state index in [9.17, 15) is 9.59 Å². The van der Waals surface area contributed by atoms with Crippen molar-refractivity contribution < 1.29 is 9.59 Å². The fourth-order valence-electron chi connectivity index (χ4n) is 3.07. The van der Waals surface area contributed by atoms with Crippen LogP contribution in [0.1, 0.15) is 53.6 Å². The van der Waals surface area contributed by atoms with Gasteiger partial charge in [-0.05, 0) is 46.5 Å². The van der Waals surface area contributed by atoms with E-state index in [-0.39, 0.29) is 17.1 Å². The van der Waals surface area contributed by atoms with Crippen LogP contribution in [0.5, 0.6) is 0 Å². The maximum absolute atomic E-state index is 12.6. The molecule has 0 atom stereocenters. The first-order chi connectivity index (χ1) is 12.7. The molecule has 3 nitrogen and oxygen atoms in total. The molecule has 0 bridgehead atoms. The summed E-state index contributed by atoms with van der Waals surface area (Å²) < 4.78 is 1.17. The Balaban J connectivity index is 1.73. The quantitative estimate of drug-likeness (QED) is 0.610. The average Bonchev–Trinajstić information content (AvgIpc) is 3.01. The first-order valence-corrected chi connectivity index (χ1v) is 9.97. The molecule has 2 aromatic carbocycles. The highest BCUT2D eigenvalue weighted by atomic mass is 32.1. The van der Waals surface area contributed by atoms with Gasteiger partial charge in [0.25, 0.3) is 0 Å². The smallest absolute Gasteiger partial charge is 0.217 e. The lowest BCUT2D eigenvalue weighted by Crippen LogP contribution is -2.11. The Morgan fingerprint density at radius 3 is 2.33 bits per heavy atom. The number of ketones is 1. The van der Waals surface area contributed by atoms with Gasteiger partial charge in [-0.3, -0.25) is 9.59 Å². The molecule has 0 spiro atoms. The fourth-order valence-corrected chi connectivity index (χ4v) is 4.12. The monoisotopic (exact) mass is 379 g/mol. The van der Waals surface area contributed by atoms with Gasteiger partial charge in [-0.2, -0.15) is 0 Å². The van der Waals surface area contributed by atoms with E-state index in [0.717, 1.165) is 21.4 Å². The lowest BCUT2D eigenvalue weighted by atomic mass is 9.86. The number of hydrogen-bond acceptors (Lipinski definition) is 3. The number of rotatable bonds is 6. The molecule has 0 saturated carbocycles. The van der Waals surface area contributed by atoms with Crippen LogP contribution in [0, 0.1) is 0 Å². The molecule has 3 rings (SSSR count). The van der Waals surface area contributed by atoms with E-state index in [1.54, 1.807) is 11.3 Å². The summed E-state index contributed by atoms with van der Waals surface area (Å²) in [5.41, 5.74) is 8.29. The SMILES string of the molecule is CC(C)(C)c1ccc(C(=O)Cc2ccc3sc(CCC(N)=O)cc3c2)cc1. The number of carbonyl (C=O) groups is 2. The summed E-state index contributed by atoms with van der Waals surface area (Å²) in [7, 11) is 0. The summed E-state index contributed by atoms with van der Waals surface area (Å²) in [6.45, 7) is 6.49. The maximum Gasteiger partial charge on any atom is 0.217 e. The minimum atomic E-state index is -0.281. The summed E-state index contributed by atoms with van der Waals surface area (Å²) >= 11 is 1.67. The van der Waals surface area contributed by atoms with Crippen LogP contribution in [0.3, 0.4) is 0 Å². The first kappa shape index (κ1) is 19.3. The van der Waals surface area contributed by atoms with Crippen LogP contribution in [0.15, 0.2) is 48.5 Å². The standard InChI is InChI=1S/C23H25NO2S/c1-23(2,3)18-7-5-16(6-8-18)20(25)13-15-4-10-21-17(12-15)14-19(27-21)9-11-22(24)26/h4-8,10,12,14H,9,11,13H2,1-3H3,(H2,24,26). The number of fused-ring (bicyclic) bond motifs is 1. The van der Waals surface area contributed by atoms with Crippen LogP contribution in [0.25, 0.3) is 10.1 Å². The summed E-state index contributed by atoms with van der Waals surface area (Å²) in [5, 5.41) is 1.12. The summed E-state index contributed by atoms with van der Waals surface area (Å²) in [4.78, 5) is 24.8. The normalized spacial score (nSPS) is 11.7. The van der Waals surface area contributed by atoms with Gasteiger partial charge in [0.1, 0.15) is 0 Å². The average molecular weight is 380 g/mol. The topological polar surface area (TPSA) is 60.2 Å². The Kier molecular flexibility index (Phi) is 5.47. The molecular weight excluding hydrogens is 354 g/mol. The molecule has 0 saturated heterocycles. The van der Waals surface area contributed by atoms with Crippen molar-refractivity contribution in [3.8, 4) is 0 Å². The number of aryl methyl sites for hydroxylation is 1.